The number of amides is 2. The van der Waals surface area contributed by atoms with Gasteiger partial charge < -0.3 is 0 Å². The molecule has 1 saturated heterocycles. The van der Waals surface area contributed by atoms with E-state index in [0.717, 1.165) is 0 Å². The highest BCUT2D eigenvalue weighted by atomic mass is 16.2. The highest BCUT2D eigenvalue weighted by Gasteiger charge is 2.43. The van der Waals surface area contributed by atoms with Crippen molar-refractivity contribution in [3.05, 3.63) is 47.5 Å². The number of β-lactam (4-membered cyclic amide) rings is 1. The highest BCUT2D eigenvalue weighted by Crippen LogP contribution is 2.27. The van der Waals surface area contributed by atoms with Crippen LogP contribution < -0.4 is 0 Å². The number of benzene rings is 1. The molecular weight excluding hydrogens is 230 g/mol. The first-order valence-electron chi connectivity index (χ1n) is 5.67. The van der Waals surface area contributed by atoms with E-state index in [1.54, 1.807) is 37.3 Å². The molecule has 1 heterocycles. The van der Waals surface area contributed by atoms with E-state index in [1.807, 2.05) is 0 Å². The van der Waals surface area contributed by atoms with E-state index in [2.05, 4.69) is 0 Å². The van der Waals surface area contributed by atoms with Crippen LogP contribution >= 0.6 is 0 Å². The van der Waals surface area contributed by atoms with E-state index in [-0.39, 0.29) is 23.6 Å². The van der Waals surface area contributed by atoms with Crippen molar-refractivity contribution in [1.82, 2.24) is 4.90 Å². The van der Waals surface area contributed by atoms with E-state index >= 15 is 0 Å². The van der Waals surface area contributed by atoms with Crippen LogP contribution in [-0.2, 0) is 9.59 Å². The Morgan fingerprint density at radius 2 is 1.83 bits per heavy atom. The second kappa shape index (κ2) is 4.56. The van der Waals surface area contributed by atoms with Crippen LogP contribution in [-0.4, -0.2) is 28.5 Å². The molecule has 1 aromatic carbocycles. The zero-order valence-corrected chi connectivity index (χ0v) is 10.2. The lowest BCUT2D eigenvalue weighted by atomic mass is 9.93. The average Bonchev–Trinajstić information content (AvgIpc) is 2.37. The van der Waals surface area contributed by atoms with Gasteiger partial charge in [-0.1, -0.05) is 18.2 Å². The summed E-state index contributed by atoms with van der Waals surface area (Å²) in [5.41, 5.74) is 0.867. The molecule has 4 heteroatoms. The number of hydrogen-bond donors (Lipinski definition) is 0. The minimum Gasteiger partial charge on any atom is -0.295 e. The van der Waals surface area contributed by atoms with Crippen molar-refractivity contribution < 1.29 is 14.4 Å². The van der Waals surface area contributed by atoms with Crippen LogP contribution in [0.1, 0.15) is 24.2 Å². The first kappa shape index (κ1) is 12.2. The summed E-state index contributed by atoms with van der Waals surface area (Å²) in [5.74, 6) is -0.891. The number of allylic oxidation sites excluding steroid dienone is 1. The monoisotopic (exact) mass is 243 g/mol. The van der Waals surface area contributed by atoms with Gasteiger partial charge in [-0.25, -0.2) is 0 Å². The Morgan fingerprint density at radius 1 is 1.22 bits per heavy atom. The van der Waals surface area contributed by atoms with Crippen molar-refractivity contribution >= 4 is 17.6 Å². The zero-order valence-electron chi connectivity index (χ0n) is 10.2. The maximum atomic E-state index is 12.1. The molecule has 2 amide bonds. The van der Waals surface area contributed by atoms with Crippen molar-refractivity contribution in [2.75, 3.05) is 0 Å². The summed E-state index contributed by atoms with van der Waals surface area (Å²) in [6, 6.07) is 8.28. The largest absolute Gasteiger partial charge is 0.295 e. The quantitative estimate of drug-likeness (QED) is 0.450. The van der Waals surface area contributed by atoms with Crippen LogP contribution in [0.2, 0.25) is 0 Å². The molecule has 1 atom stereocenters. The molecule has 0 aromatic heterocycles. The minimum absolute atomic E-state index is 0.183. The first-order chi connectivity index (χ1) is 8.52. The van der Waals surface area contributed by atoms with Crippen molar-refractivity contribution in [1.29, 1.82) is 0 Å². The number of carbonyl (C=O) groups excluding carboxylic acids is 3. The van der Waals surface area contributed by atoms with Gasteiger partial charge in [0.15, 0.2) is 5.78 Å². The Morgan fingerprint density at radius 3 is 2.33 bits per heavy atom. The molecule has 0 N–H and O–H groups in total. The van der Waals surface area contributed by atoms with E-state index < -0.39 is 0 Å². The van der Waals surface area contributed by atoms with Gasteiger partial charge in [-0.05, 0) is 32.1 Å². The molecule has 0 spiro atoms. The van der Waals surface area contributed by atoms with Crippen LogP contribution in [0.25, 0.3) is 0 Å². The predicted octanol–water partition coefficient (Wildman–Crippen LogP) is 1.57. The van der Waals surface area contributed by atoms with Crippen LogP contribution in [0.4, 0.5) is 0 Å². The summed E-state index contributed by atoms with van der Waals surface area (Å²) in [4.78, 5) is 36.0. The first-order valence-corrected chi connectivity index (χ1v) is 5.67. The Labute approximate surface area is 105 Å². The summed E-state index contributed by atoms with van der Waals surface area (Å²) in [6.07, 6.45) is 1.29. The maximum absolute atomic E-state index is 12.1. The second-order valence-corrected chi connectivity index (χ2v) is 4.23. The third kappa shape index (κ3) is 1.97. The SMILES string of the molecule is CC(=O)/C=C1/C(=O)N(C(=O)c2ccccc2)C1C. The van der Waals surface area contributed by atoms with E-state index in [0.29, 0.717) is 11.1 Å². The van der Waals surface area contributed by atoms with Crippen LogP contribution in [0.5, 0.6) is 0 Å². The van der Waals surface area contributed by atoms with Crippen molar-refractivity contribution in [2.45, 2.75) is 19.9 Å². The number of nitrogens with zero attached hydrogens (tertiary/aromatic N) is 1. The molecule has 0 saturated carbocycles. The van der Waals surface area contributed by atoms with Gasteiger partial charge in [0.1, 0.15) is 0 Å². The summed E-state index contributed by atoms with van der Waals surface area (Å²) in [6.45, 7) is 3.12. The average molecular weight is 243 g/mol. The molecule has 0 radical (unpaired) electrons. The molecule has 4 nitrogen and oxygen atoms in total. The molecular formula is C14H13NO3. The number of hydrogen-bond acceptors (Lipinski definition) is 3. The van der Waals surface area contributed by atoms with Gasteiger partial charge in [0.2, 0.25) is 0 Å². The van der Waals surface area contributed by atoms with Gasteiger partial charge in [0.25, 0.3) is 11.8 Å². The molecule has 1 aromatic rings. The molecule has 2 rings (SSSR count). The summed E-state index contributed by atoms with van der Waals surface area (Å²) in [5, 5.41) is 0. The lowest BCUT2D eigenvalue weighted by Crippen LogP contribution is -2.56. The Bertz CT molecular complexity index is 545. The molecule has 1 unspecified atom stereocenters. The third-order valence-electron chi connectivity index (χ3n) is 2.90. The summed E-state index contributed by atoms with van der Waals surface area (Å²) in [7, 11) is 0. The lowest BCUT2D eigenvalue weighted by molar-refractivity contribution is -0.133. The van der Waals surface area contributed by atoms with Gasteiger partial charge in [-0.15, -0.1) is 0 Å². The fraction of sp³-hybridized carbons (Fsp3) is 0.214. The molecule has 0 bridgehead atoms. The summed E-state index contributed by atoms with van der Waals surface area (Å²) < 4.78 is 0. The molecule has 1 aliphatic rings. The van der Waals surface area contributed by atoms with E-state index in [9.17, 15) is 14.4 Å². The molecule has 0 aliphatic carbocycles. The van der Waals surface area contributed by atoms with Gasteiger partial charge >= 0.3 is 0 Å². The van der Waals surface area contributed by atoms with Crippen molar-refractivity contribution in [2.24, 2.45) is 0 Å². The van der Waals surface area contributed by atoms with Crippen LogP contribution in [0.15, 0.2) is 42.0 Å². The molecule has 1 fully saturated rings. The third-order valence-corrected chi connectivity index (χ3v) is 2.90. The Hall–Kier alpha value is -2.23. The molecule has 1 aliphatic heterocycles. The summed E-state index contributed by atoms with van der Waals surface area (Å²) >= 11 is 0. The van der Waals surface area contributed by atoms with Gasteiger partial charge in [-0.3, -0.25) is 19.3 Å². The fourth-order valence-electron chi connectivity index (χ4n) is 1.96. The molecule has 92 valence electrons. The standard InChI is InChI=1S/C14H13NO3/c1-9(16)8-12-10(2)15(14(12)18)13(17)11-6-4-3-5-7-11/h3-8,10H,1-2H3/b12-8+. The van der Waals surface area contributed by atoms with Gasteiger partial charge in [-0.2, -0.15) is 0 Å². The lowest BCUT2D eigenvalue weighted by Gasteiger charge is -2.38. The zero-order chi connectivity index (χ0) is 13.3. The topological polar surface area (TPSA) is 54.5 Å². The highest BCUT2D eigenvalue weighted by molar-refractivity contribution is 6.18. The minimum atomic E-state index is -0.383. The smallest absolute Gasteiger partial charge is 0.261 e. The number of ketones is 1. The second-order valence-electron chi connectivity index (χ2n) is 4.23. The molecule has 18 heavy (non-hydrogen) atoms. The van der Waals surface area contributed by atoms with Crippen LogP contribution in [0, 0.1) is 0 Å². The number of rotatable bonds is 2. The predicted molar refractivity (Wildman–Crippen MR) is 65.8 cm³/mol. The Balaban J connectivity index is 2.21. The van der Waals surface area contributed by atoms with E-state index in [4.69, 9.17) is 0 Å². The van der Waals surface area contributed by atoms with Gasteiger partial charge in [0, 0.05) is 11.1 Å². The van der Waals surface area contributed by atoms with Crippen molar-refractivity contribution in [3.8, 4) is 0 Å². The number of likely N-dealkylation sites (tertiary alicyclic amines) is 1. The Kier molecular flexibility index (Phi) is 3.10. The number of carbonyl (C=O) groups is 3. The van der Waals surface area contributed by atoms with E-state index in [1.165, 1.54) is 17.9 Å². The van der Waals surface area contributed by atoms with Crippen LogP contribution in [0.3, 0.4) is 0 Å². The fourth-order valence-corrected chi connectivity index (χ4v) is 1.96. The normalized spacial score (nSPS) is 20.8. The maximum Gasteiger partial charge on any atom is 0.261 e. The van der Waals surface area contributed by atoms with Gasteiger partial charge in [0.05, 0.1) is 6.04 Å². The number of imide groups is 1. The van der Waals surface area contributed by atoms with Crippen molar-refractivity contribution in [3.63, 3.8) is 0 Å².